The number of nitrogens with zero attached hydrogens (tertiary/aromatic N) is 2. The number of hydrogen-bond acceptors (Lipinski definition) is 5. The lowest BCUT2D eigenvalue weighted by atomic mass is 10.1. The highest BCUT2D eigenvalue weighted by atomic mass is 19.1. The highest BCUT2D eigenvalue weighted by molar-refractivity contribution is 6.04. The van der Waals surface area contributed by atoms with Crippen LogP contribution in [0.4, 0.5) is 4.39 Å². The number of esters is 1. The number of pyridine rings is 1. The highest BCUT2D eigenvalue weighted by Crippen LogP contribution is 2.27. The van der Waals surface area contributed by atoms with Gasteiger partial charge >= 0.3 is 5.97 Å². The summed E-state index contributed by atoms with van der Waals surface area (Å²) in [6, 6.07) is 7.44. The van der Waals surface area contributed by atoms with Crippen LogP contribution in [-0.4, -0.2) is 22.7 Å². The third kappa shape index (κ3) is 2.43. The molecule has 0 fully saturated rings. The third-order valence-electron chi connectivity index (χ3n) is 3.25. The van der Waals surface area contributed by atoms with Crippen molar-refractivity contribution in [2.75, 3.05) is 6.61 Å². The fraction of sp³-hybridized carbons (Fsp3) is 0.188. The monoisotopic (exact) mass is 300 g/mol. The van der Waals surface area contributed by atoms with Crippen LogP contribution < -0.4 is 0 Å². The Morgan fingerprint density at radius 3 is 2.73 bits per heavy atom. The van der Waals surface area contributed by atoms with Crippen LogP contribution in [0.3, 0.4) is 0 Å². The van der Waals surface area contributed by atoms with Crippen molar-refractivity contribution >= 4 is 17.1 Å². The Kier molecular flexibility index (Phi) is 3.58. The molecule has 0 amide bonds. The number of hydrogen-bond donors (Lipinski definition) is 0. The van der Waals surface area contributed by atoms with Gasteiger partial charge in [0, 0.05) is 5.56 Å². The van der Waals surface area contributed by atoms with E-state index >= 15 is 0 Å². The predicted octanol–water partition coefficient (Wildman–Crippen LogP) is 3.51. The molecule has 0 saturated heterocycles. The summed E-state index contributed by atoms with van der Waals surface area (Å²) in [5.74, 6) is -0.810. The zero-order chi connectivity index (χ0) is 15.7. The molecule has 0 spiro atoms. The van der Waals surface area contributed by atoms with Crippen LogP contribution in [0, 0.1) is 12.7 Å². The van der Waals surface area contributed by atoms with Crippen molar-refractivity contribution < 1.29 is 18.4 Å². The van der Waals surface area contributed by atoms with Crippen molar-refractivity contribution in [3.05, 3.63) is 47.4 Å². The molecule has 0 radical (unpaired) electrons. The average molecular weight is 300 g/mol. The van der Waals surface area contributed by atoms with Gasteiger partial charge in [-0.2, -0.15) is 0 Å². The molecular formula is C16H13FN2O3. The molecule has 0 N–H and O–H groups in total. The molecule has 0 unspecified atom stereocenters. The molecule has 6 heteroatoms. The lowest BCUT2D eigenvalue weighted by molar-refractivity contribution is 0.0528. The van der Waals surface area contributed by atoms with Gasteiger partial charge in [0.15, 0.2) is 0 Å². The summed E-state index contributed by atoms with van der Waals surface area (Å²) in [6.07, 6.45) is 0. The first-order valence-electron chi connectivity index (χ1n) is 6.80. The van der Waals surface area contributed by atoms with Crippen molar-refractivity contribution in [2.24, 2.45) is 0 Å². The molecule has 0 aliphatic heterocycles. The van der Waals surface area contributed by atoms with Crippen LogP contribution in [-0.2, 0) is 4.74 Å². The van der Waals surface area contributed by atoms with Gasteiger partial charge in [0.25, 0.3) is 5.71 Å². The number of rotatable bonds is 3. The maximum absolute atomic E-state index is 13.0. The summed E-state index contributed by atoms with van der Waals surface area (Å²) >= 11 is 0. The lowest BCUT2D eigenvalue weighted by Crippen LogP contribution is -2.06. The first-order valence-corrected chi connectivity index (χ1v) is 6.80. The normalized spacial score (nSPS) is 10.9. The second-order valence-electron chi connectivity index (χ2n) is 4.73. The molecular weight excluding hydrogens is 287 g/mol. The van der Waals surface area contributed by atoms with Crippen LogP contribution in [0.5, 0.6) is 0 Å². The average Bonchev–Trinajstić information content (AvgIpc) is 2.89. The number of ether oxygens (including phenoxy) is 1. The number of aryl methyl sites for hydroxylation is 1. The molecule has 22 heavy (non-hydrogen) atoms. The molecule has 0 atom stereocenters. The first-order chi connectivity index (χ1) is 10.6. The van der Waals surface area contributed by atoms with Gasteiger partial charge < -0.3 is 9.26 Å². The summed E-state index contributed by atoms with van der Waals surface area (Å²) in [7, 11) is 0. The van der Waals surface area contributed by atoms with E-state index in [-0.39, 0.29) is 18.1 Å². The molecule has 2 heterocycles. The molecule has 2 aromatic heterocycles. The number of halogens is 1. The van der Waals surface area contributed by atoms with E-state index in [0.717, 1.165) is 0 Å². The molecule has 112 valence electrons. The second kappa shape index (κ2) is 5.55. The zero-order valence-electron chi connectivity index (χ0n) is 12.1. The summed E-state index contributed by atoms with van der Waals surface area (Å²) in [5, 5.41) is 4.37. The van der Waals surface area contributed by atoms with Gasteiger partial charge in [0.1, 0.15) is 5.82 Å². The maximum Gasteiger partial charge on any atom is 0.339 e. The van der Waals surface area contributed by atoms with Crippen LogP contribution in [0.2, 0.25) is 0 Å². The minimum Gasteiger partial charge on any atom is -0.462 e. The van der Waals surface area contributed by atoms with Gasteiger partial charge in [-0.3, -0.25) is 0 Å². The first kappa shape index (κ1) is 14.2. The largest absolute Gasteiger partial charge is 0.462 e. The van der Waals surface area contributed by atoms with Gasteiger partial charge in [-0.05, 0) is 44.2 Å². The standard InChI is InChI=1S/C16H13FN2O3/c1-3-21-16(20)12-8-13(10-4-6-11(17)7-5-10)18-15-14(12)9(2)19-22-15/h4-8H,3H2,1-2H3. The molecule has 3 aromatic rings. The summed E-state index contributed by atoms with van der Waals surface area (Å²) < 4.78 is 23.3. The number of aromatic nitrogens is 2. The minimum absolute atomic E-state index is 0.252. The van der Waals surface area contributed by atoms with Crippen molar-refractivity contribution in [1.82, 2.24) is 10.1 Å². The third-order valence-corrected chi connectivity index (χ3v) is 3.25. The highest BCUT2D eigenvalue weighted by Gasteiger charge is 2.20. The van der Waals surface area contributed by atoms with Gasteiger partial charge in [-0.25, -0.2) is 14.2 Å². The van der Waals surface area contributed by atoms with E-state index in [4.69, 9.17) is 9.26 Å². The van der Waals surface area contributed by atoms with Crippen molar-refractivity contribution in [3.8, 4) is 11.3 Å². The van der Waals surface area contributed by atoms with Crippen molar-refractivity contribution in [2.45, 2.75) is 13.8 Å². The van der Waals surface area contributed by atoms with E-state index in [9.17, 15) is 9.18 Å². The van der Waals surface area contributed by atoms with Crippen LogP contribution in [0.15, 0.2) is 34.9 Å². The molecule has 0 aliphatic rings. The number of benzene rings is 1. The van der Waals surface area contributed by atoms with Crippen LogP contribution in [0.1, 0.15) is 23.0 Å². The second-order valence-corrected chi connectivity index (χ2v) is 4.73. The van der Waals surface area contributed by atoms with E-state index in [1.54, 1.807) is 32.0 Å². The molecule has 0 saturated carbocycles. The van der Waals surface area contributed by atoms with Gasteiger partial charge in [0.2, 0.25) is 0 Å². The molecule has 0 bridgehead atoms. The van der Waals surface area contributed by atoms with Gasteiger partial charge in [-0.15, -0.1) is 0 Å². The topological polar surface area (TPSA) is 65.2 Å². The van der Waals surface area contributed by atoms with E-state index < -0.39 is 5.97 Å². The Morgan fingerprint density at radius 2 is 2.05 bits per heavy atom. The van der Waals surface area contributed by atoms with Crippen LogP contribution >= 0.6 is 0 Å². The number of carbonyl (C=O) groups is 1. The van der Waals surface area contributed by atoms with Gasteiger partial charge in [0.05, 0.1) is 28.9 Å². The molecule has 3 rings (SSSR count). The van der Waals surface area contributed by atoms with Crippen LogP contribution in [0.25, 0.3) is 22.4 Å². The Balaban J connectivity index is 2.20. The fourth-order valence-corrected chi connectivity index (χ4v) is 2.23. The maximum atomic E-state index is 13.0. The lowest BCUT2D eigenvalue weighted by Gasteiger charge is -2.06. The van der Waals surface area contributed by atoms with E-state index in [0.29, 0.717) is 27.9 Å². The number of fused-ring (bicyclic) bond motifs is 1. The number of carbonyl (C=O) groups excluding carboxylic acids is 1. The fourth-order valence-electron chi connectivity index (χ4n) is 2.23. The predicted molar refractivity (Wildman–Crippen MR) is 77.9 cm³/mol. The Labute approximate surface area is 125 Å². The summed E-state index contributed by atoms with van der Waals surface area (Å²) in [6.45, 7) is 3.73. The SMILES string of the molecule is CCOC(=O)c1cc(-c2ccc(F)cc2)nc2onc(C)c12. The van der Waals surface area contributed by atoms with E-state index in [2.05, 4.69) is 10.1 Å². The van der Waals surface area contributed by atoms with Crippen molar-refractivity contribution in [1.29, 1.82) is 0 Å². The Morgan fingerprint density at radius 1 is 1.32 bits per heavy atom. The smallest absolute Gasteiger partial charge is 0.339 e. The van der Waals surface area contributed by atoms with Crippen molar-refractivity contribution in [3.63, 3.8) is 0 Å². The molecule has 0 aliphatic carbocycles. The molecule has 1 aromatic carbocycles. The Bertz CT molecular complexity index is 840. The minimum atomic E-state index is -0.468. The van der Waals surface area contributed by atoms with Gasteiger partial charge in [-0.1, -0.05) is 5.16 Å². The zero-order valence-corrected chi connectivity index (χ0v) is 12.1. The quantitative estimate of drug-likeness (QED) is 0.692. The summed E-state index contributed by atoms with van der Waals surface area (Å²) in [4.78, 5) is 16.5. The molecule has 5 nitrogen and oxygen atoms in total. The Hall–Kier alpha value is -2.76. The van der Waals surface area contributed by atoms with E-state index in [1.165, 1.54) is 12.1 Å². The van der Waals surface area contributed by atoms with E-state index in [1.807, 2.05) is 0 Å². The summed E-state index contributed by atoms with van der Waals surface area (Å²) in [5.41, 5.74) is 2.32.